The molecule has 0 spiro atoms. The Morgan fingerprint density at radius 1 is 1.47 bits per heavy atom. The van der Waals surface area contributed by atoms with Gasteiger partial charge in [0.05, 0.1) is 12.5 Å². The van der Waals surface area contributed by atoms with Gasteiger partial charge in [0.2, 0.25) is 11.8 Å². The third kappa shape index (κ3) is 4.39. The number of carboxylic acid groups (broad SMARTS) is 1. The summed E-state index contributed by atoms with van der Waals surface area (Å²) in [6.07, 6.45) is 0.524. The molecule has 0 aromatic heterocycles. The van der Waals surface area contributed by atoms with E-state index >= 15 is 0 Å². The van der Waals surface area contributed by atoms with Crippen molar-refractivity contribution in [2.75, 3.05) is 13.2 Å². The second-order valence-electron chi connectivity index (χ2n) is 3.96. The van der Waals surface area contributed by atoms with E-state index in [2.05, 4.69) is 5.32 Å². The molecule has 1 heterocycles. The number of rotatable bonds is 6. The Kier molecular flexibility index (Phi) is 4.89. The van der Waals surface area contributed by atoms with E-state index in [4.69, 9.17) is 15.6 Å². The molecule has 0 aromatic rings. The molecule has 1 unspecified atom stereocenters. The first-order chi connectivity index (χ1) is 8.00. The quantitative estimate of drug-likeness (QED) is 0.545. The molecule has 0 aromatic carbocycles. The van der Waals surface area contributed by atoms with E-state index in [1.807, 2.05) is 0 Å². The van der Waals surface area contributed by atoms with Gasteiger partial charge in [-0.3, -0.25) is 9.59 Å². The molecule has 7 heteroatoms. The summed E-state index contributed by atoms with van der Waals surface area (Å²) in [7, 11) is 0. The highest BCUT2D eigenvalue weighted by atomic mass is 16.5. The summed E-state index contributed by atoms with van der Waals surface area (Å²) in [6.45, 7) is 0.825. The van der Waals surface area contributed by atoms with Crippen LogP contribution in [0.1, 0.15) is 19.3 Å². The van der Waals surface area contributed by atoms with E-state index in [0.717, 1.165) is 0 Å². The molecular formula is C10H16N2O5. The Bertz CT molecular complexity index is 312. The van der Waals surface area contributed by atoms with Gasteiger partial charge < -0.3 is 20.9 Å². The molecule has 2 atom stereocenters. The number of carboxylic acids is 1. The fraction of sp³-hybridized carbons (Fsp3) is 0.700. The van der Waals surface area contributed by atoms with Crippen molar-refractivity contribution in [1.82, 2.24) is 5.32 Å². The first-order valence-electron chi connectivity index (χ1n) is 5.40. The Hall–Kier alpha value is -1.63. The molecule has 1 aliphatic heterocycles. The molecule has 2 amide bonds. The summed E-state index contributed by atoms with van der Waals surface area (Å²) < 4.78 is 5.04. The fourth-order valence-corrected chi connectivity index (χ4v) is 1.57. The fourth-order valence-electron chi connectivity index (χ4n) is 1.57. The van der Waals surface area contributed by atoms with Gasteiger partial charge in [-0.25, -0.2) is 4.79 Å². The average molecular weight is 244 g/mol. The lowest BCUT2D eigenvalue weighted by Gasteiger charge is -2.16. The monoisotopic (exact) mass is 244 g/mol. The van der Waals surface area contributed by atoms with Crippen molar-refractivity contribution in [3.8, 4) is 0 Å². The van der Waals surface area contributed by atoms with Gasteiger partial charge in [-0.15, -0.1) is 0 Å². The number of nitrogens with one attached hydrogen (secondary N) is 1. The van der Waals surface area contributed by atoms with Crippen molar-refractivity contribution in [1.29, 1.82) is 0 Å². The topological polar surface area (TPSA) is 119 Å². The molecule has 1 saturated heterocycles. The molecule has 0 radical (unpaired) electrons. The predicted molar refractivity (Wildman–Crippen MR) is 56.9 cm³/mol. The maximum atomic E-state index is 11.6. The Morgan fingerprint density at radius 3 is 2.65 bits per heavy atom. The zero-order chi connectivity index (χ0) is 12.8. The number of primary amides is 1. The lowest BCUT2D eigenvalue weighted by molar-refractivity contribution is -0.142. The van der Waals surface area contributed by atoms with E-state index < -0.39 is 17.9 Å². The van der Waals surface area contributed by atoms with Crippen molar-refractivity contribution in [3.63, 3.8) is 0 Å². The van der Waals surface area contributed by atoms with Crippen molar-refractivity contribution < 1.29 is 24.2 Å². The normalized spacial score (nSPS) is 20.8. The molecule has 1 fully saturated rings. The number of ether oxygens (including phenoxy) is 1. The Labute approximate surface area is 98.3 Å². The van der Waals surface area contributed by atoms with Crippen LogP contribution in [-0.2, 0) is 19.1 Å². The van der Waals surface area contributed by atoms with Gasteiger partial charge in [0, 0.05) is 13.0 Å². The highest BCUT2D eigenvalue weighted by Crippen LogP contribution is 2.12. The molecule has 17 heavy (non-hydrogen) atoms. The van der Waals surface area contributed by atoms with Crippen LogP contribution >= 0.6 is 0 Å². The third-order valence-electron chi connectivity index (χ3n) is 2.59. The van der Waals surface area contributed by atoms with Gasteiger partial charge in [0.15, 0.2) is 0 Å². The van der Waals surface area contributed by atoms with E-state index in [1.54, 1.807) is 0 Å². The van der Waals surface area contributed by atoms with Crippen molar-refractivity contribution in [2.24, 2.45) is 11.7 Å². The van der Waals surface area contributed by atoms with Crippen LogP contribution in [0.15, 0.2) is 0 Å². The molecule has 0 aliphatic carbocycles. The number of nitrogens with two attached hydrogens (primary N) is 1. The largest absolute Gasteiger partial charge is 0.480 e. The second-order valence-corrected chi connectivity index (χ2v) is 3.96. The van der Waals surface area contributed by atoms with Crippen LogP contribution in [0.5, 0.6) is 0 Å². The van der Waals surface area contributed by atoms with Crippen LogP contribution in [0.4, 0.5) is 0 Å². The van der Waals surface area contributed by atoms with Crippen LogP contribution < -0.4 is 11.1 Å². The predicted octanol–water partition coefficient (Wildman–Crippen LogP) is -1.14. The zero-order valence-electron chi connectivity index (χ0n) is 9.35. The summed E-state index contributed by atoms with van der Waals surface area (Å²) in [5.74, 6) is -2.40. The van der Waals surface area contributed by atoms with Crippen LogP contribution in [0.2, 0.25) is 0 Å². The number of aliphatic carboxylic acids is 1. The minimum Gasteiger partial charge on any atom is -0.480 e. The van der Waals surface area contributed by atoms with Crippen LogP contribution in [0, 0.1) is 5.92 Å². The SMILES string of the molecule is NC(=O)CC[C@@H](NC(=O)C1CCOC1)C(=O)O. The highest BCUT2D eigenvalue weighted by Gasteiger charge is 2.27. The minimum absolute atomic E-state index is 0.00395. The zero-order valence-corrected chi connectivity index (χ0v) is 9.35. The summed E-state index contributed by atoms with van der Waals surface area (Å²) in [4.78, 5) is 33.1. The molecule has 1 aliphatic rings. The van der Waals surface area contributed by atoms with Crippen LogP contribution in [-0.4, -0.2) is 42.1 Å². The van der Waals surface area contributed by atoms with Gasteiger partial charge in [0.1, 0.15) is 6.04 Å². The summed E-state index contributed by atoms with van der Waals surface area (Å²) in [6, 6.07) is -1.07. The van der Waals surface area contributed by atoms with Gasteiger partial charge >= 0.3 is 5.97 Å². The van der Waals surface area contributed by atoms with Gasteiger partial charge in [-0.2, -0.15) is 0 Å². The van der Waals surface area contributed by atoms with E-state index in [0.29, 0.717) is 19.6 Å². The molecule has 96 valence electrons. The molecule has 4 N–H and O–H groups in total. The number of hydrogen-bond acceptors (Lipinski definition) is 4. The molecule has 1 rings (SSSR count). The van der Waals surface area contributed by atoms with Crippen LogP contribution in [0.25, 0.3) is 0 Å². The number of carbonyl (C=O) groups excluding carboxylic acids is 2. The van der Waals surface area contributed by atoms with E-state index in [-0.39, 0.29) is 24.7 Å². The molecular weight excluding hydrogens is 228 g/mol. The van der Waals surface area contributed by atoms with E-state index in [9.17, 15) is 14.4 Å². The highest BCUT2D eigenvalue weighted by molar-refractivity contribution is 5.85. The smallest absolute Gasteiger partial charge is 0.326 e. The summed E-state index contributed by atoms with van der Waals surface area (Å²) in [5, 5.41) is 11.3. The Balaban J connectivity index is 2.44. The first kappa shape index (κ1) is 13.4. The molecule has 0 saturated carbocycles. The average Bonchev–Trinajstić information content (AvgIpc) is 2.76. The molecule has 0 bridgehead atoms. The van der Waals surface area contributed by atoms with Crippen LogP contribution in [0.3, 0.4) is 0 Å². The summed E-state index contributed by atoms with van der Waals surface area (Å²) in [5.41, 5.74) is 4.93. The van der Waals surface area contributed by atoms with Crippen molar-refractivity contribution >= 4 is 17.8 Å². The second kappa shape index (κ2) is 6.19. The van der Waals surface area contributed by atoms with Gasteiger partial charge in [-0.05, 0) is 12.8 Å². The molecule has 7 nitrogen and oxygen atoms in total. The lowest BCUT2D eigenvalue weighted by Crippen LogP contribution is -2.44. The number of hydrogen-bond donors (Lipinski definition) is 3. The number of amides is 2. The maximum absolute atomic E-state index is 11.6. The standard InChI is InChI=1S/C10H16N2O5/c11-8(13)2-1-7(10(15)16)12-9(14)6-3-4-17-5-6/h6-7H,1-5H2,(H2,11,13)(H,12,14)(H,15,16)/t6?,7-/m1/s1. The number of carbonyl (C=O) groups is 3. The van der Waals surface area contributed by atoms with Crippen molar-refractivity contribution in [3.05, 3.63) is 0 Å². The minimum atomic E-state index is -1.17. The van der Waals surface area contributed by atoms with E-state index in [1.165, 1.54) is 0 Å². The first-order valence-corrected chi connectivity index (χ1v) is 5.40. The third-order valence-corrected chi connectivity index (χ3v) is 2.59. The van der Waals surface area contributed by atoms with Gasteiger partial charge in [0.25, 0.3) is 0 Å². The lowest BCUT2D eigenvalue weighted by atomic mass is 10.1. The maximum Gasteiger partial charge on any atom is 0.326 e. The van der Waals surface area contributed by atoms with Crippen molar-refractivity contribution in [2.45, 2.75) is 25.3 Å². The summed E-state index contributed by atoms with van der Waals surface area (Å²) >= 11 is 0. The van der Waals surface area contributed by atoms with Gasteiger partial charge in [-0.1, -0.05) is 0 Å². The Morgan fingerprint density at radius 2 is 2.18 bits per heavy atom.